The molecule has 0 unspecified atom stereocenters. The predicted molar refractivity (Wildman–Crippen MR) is 64.0 cm³/mol. The van der Waals surface area contributed by atoms with Crippen molar-refractivity contribution in [3.63, 3.8) is 0 Å². The molecule has 0 bridgehead atoms. The molecule has 86 valence electrons. The molecule has 0 heterocycles. The third-order valence-corrected chi connectivity index (χ3v) is 2.11. The average Bonchev–Trinajstić information content (AvgIpc) is 2.28. The van der Waals surface area contributed by atoms with E-state index in [0.29, 0.717) is 17.9 Å². The highest BCUT2D eigenvalue weighted by Crippen LogP contribution is 2.16. The molecule has 16 heavy (non-hydrogen) atoms. The zero-order valence-electron chi connectivity index (χ0n) is 9.85. The lowest BCUT2D eigenvalue weighted by Gasteiger charge is -2.05. The molecule has 0 atom stereocenters. The molecule has 1 nitrogen and oxygen atoms in total. The molecule has 0 amide bonds. The standard InChI is InChI=1S/C14H17FO/c1-3-5-7-12-8-9-13(11-14(12)15)16-10-6-4-2/h8-9,11H,3-4,6,10H2,1-2H3. The van der Waals surface area contributed by atoms with E-state index in [9.17, 15) is 4.39 Å². The smallest absolute Gasteiger partial charge is 0.142 e. The number of ether oxygens (including phenoxy) is 1. The van der Waals surface area contributed by atoms with Gasteiger partial charge in [-0.05, 0) is 18.6 Å². The van der Waals surface area contributed by atoms with Crippen molar-refractivity contribution in [1.29, 1.82) is 0 Å². The lowest BCUT2D eigenvalue weighted by Crippen LogP contribution is -1.97. The summed E-state index contributed by atoms with van der Waals surface area (Å²) in [5.74, 6) is 5.89. The number of halogens is 1. The topological polar surface area (TPSA) is 9.23 Å². The Hall–Kier alpha value is -1.49. The summed E-state index contributed by atoms with van der Waals surface area (Å²) in [6.07, 6.45) is 2.79. The third kappa shape index (κ3) is 3.94. The lowest BCUT2D eigenvalue weighted by molar-refractivity contribution is 0.308. The van der Waals surface area contributed by atoms with Gasteiger partial charge in [-0.3, -0.25) is 0 Å². The highest BCUT2D eigenvalue weighted by molar-refractivity contribution is 5.39. The van der Waals surface area contributed by atoms with Crippen LogP contribution in [0, 0.1) is 17.7 Å². The minimum absolute atomic E-state index is 0.310. The van der Waals surface area contributed by atoms with Gasteiger partial charge in [0.1, 0.15) is 11.6 Å². The van der Waals surface area contributed by atoms with Crippen molar-refractivity contribution in [2.45, 2.75) is 33.1 Å². The maximum Gasteiger partial charge on any atom is 0.142 e. The van der Waals surface area contributed by atoms with Gasteiger partial charge in [-0.1, -0.05) is 32.1 Å². The van der Waals surface area contributed by atoms with Crippen molar-refractivity contribution >= 4 is 0 Å². The van der Waals surface area contributed by atoms with E-state index in [1.54, 1.807) is 12.1 Å². The summed E-state index contributed by atoms with van der Waals surface area (Å²) < 4.78 is 18.9. The van der Waals surface area contributed by atoms with Crippen molar-refractivity contribution in [2.24, 2.45) is 0 Å². The van der Waals surface area contributed by atoms with E-state index >= 15 is 0 Å². The fraction of sp³-hybridized carbons (Fsp3) is 0.429. The Morgan fingerprint density at radius 2 is 2.12 bits per heavy atom. The van der Waals surface area contributed by atoms with Crippen LogP contribution in [0.3, 0.4) is 0 Å². The van der Waals surface area contributed by atoms with Crippen LogP contribution in [-0.2, 0) is 0 Å². The fourth-order valence-corrected chi connectivity index (χ4v) is 1.20. The van der Waals surface area contributed by atoms with Crippen LogP contribution in [0.15, 0.2) is 18.2 Å². The second-order valence-corrected chi connectivity index (χ2v) is 3.50. The van der Waals surface area contributed by atoms with Crippen LogP contribution in [0.4, 0.5) is 4.39 Å². The highest BCUT2D eigenvalue weighted by atomic mass is 19.1. The first kappa shape index (κ1) is 12.6. The molecule has 0 aromatic heterocycles. The minimum Gasteiger partial charge on any atom is -0.493 e. The average molecular weight is 220 g/mol. The SMILES string of the molecule is CCC#Cc1ccc(OCCCC)cc1F. The molecule has 1 aromatic rings. The second kappa shape index (κ2) is 6.90. The Balaban J connectivity index is 2.67. The number of hydrogen-bond acceptors (Lipinski definition) is 1. The van der Waals surface area contributed by atoms with Crippen LogP contribution in [0.1, 0.15) is 38.7 Å². The summed E-state index contributed by atoms with van der Waals surface area (Å²) in [6, 6.07) is 4.83. The Labute approximate surface area is 96.6 Å². The number of benzene rings is 1. The number of rotatable bonds is 4. The molecule has 0 aliphatic rings. The molecule has 0 saturated heterocycles. The maximum absolute atomic E-state index is 13.5. The van der Waals surface area contributed by atoms with Gasteiger partial charge in [-0.2, -0.15) is 0 Å². The summed E-state index contributed by atoms with van der Waals surface area (Å²) >= 11 is 0. The lowest BCUT2D eigenvalue weighted by atomic mass is 10.2. The summed E-state index contributed by atoms with van der Waals surface area (Å²) in [6.45, 7) is 4.66. The molecule has 1 aromatic carbocycles. The zero-order valence-corrected chi connectivity index (χ0v) is 9.85. The first-order valence-corrected chi connectivity index (χ1v) is 5.69. The van der Waals surface area contributed by atoms with Crippen LogP contribution < -0.4 is 4.74 Å². The van der Waals surface area contributed by atoms with Gasteiger partial charge in [-0.25, -0.2) is 4.39 Å². The predicted octanol–water partition coefficient (Wildman–Crippen LogP) is 3.77. The van der Waals surface area contributed by atoms with Crippen molar-refractivity contribution in [3.8, 4) is 17.6 Å². The van der Waals surface area contributed by atoms with Crippen molar-refractivity contribution in [3.05, 3.63) is 29.6 Å². The van der Waals surface area contributed by atoms with Gasteiger partial charge < -0.3 is 4.74 Å². The van der Waals surface area contributed by atoms with Crippen LogP contribution in [0.2, 0.25) is 0 Å². The molecule has 0 aliphatic heterocycles. The second-order valence-electron chi connectivity index (χ2n) is 3.50. The Morgan fingerprint density at radius 1 is 1.31 bits per heavy atom. The molecule has 0 spiro atoms. The van der Waals surface area contributed by atoms with Gasteiger partial charge in [0.2, 0.25) is 0 Å². The molecule has 1 rings (SSSR count). The van der Waals surface area contributed by atoms with E-state index in [1.807, 2.05) is 6.92 Å². The van der Waals surface area contributed by atoms with E-state index in [4.69, 9.17) is 4.74 Å². The molecule has 0 aliphatic carbocycles. The van der Waals surface area contributed by atoms with Gasteiger partial charge in [0.05, 0.1) is 12.2 Å². The van der Waals surface area contributed by atoms with E-state index < -0.39 is 0 Å². The van der Waals surface area contributed by atoms with Crippen LogP contribution >= 0.6 is 0 Å². The van der Waals surface area contributed by atoms with Gasteiger partial charge in [-0.15, -0.1) is 0 Å². The summed E-state index contributed by atoms with van der Waals surface area (Å²) in [7, 11) is 0. The number of unbranched alkanes of at least 4 members (excludes halogenated alkanes) is 1. The third-order valence-electron chi connectivity index (χ3n) is 2.11. The van der Waals surface area contributed by atoms with Crippen molar-refractivity contribution in [2.75, 3.05) is 6.61 Å². The Bertz CT molecular complexity index is 387. The summed E-state index contributed by atoms with van der Waals surface area (Å²) in [4.78, 5) is 0. The summed E-state index contributed by atoms with van der Waals surface area (Å²) in [5.41, 5.74) is 0.435. The van der Waals surface area contributed by atoms with E-state index in [1.165, 1.54) is 6.07 Å². The van der Waals surface area contributed by atoms with E-state index in [0.717, 1.165) is 19.3 Å². The molecule has 2 heteroatoms. The van der Waals surface area contributed by atoms with Gasteiger partial charge in [0.25, 0.3) is 0 Å². The fourth-order valence-electron chi connectivity index (χ4n) is 1.20. The van der Waals surface area contributed by atoms with Crippen LogP contribution in [0.5, 0.6) is 5.75 Å². The Morgan fingerprint density at radius 3 is 2.75 bits per heavy atom. The monoisotopic (exact) mass is 220 g/mol. The van der Waals surface area contributed by atoms with Crippen LogP contribution in [-0.4, -0.2) is 6.61 Å². The molecular formula is C14H17FO. The first-order chi connectivity index (χ1) is 7.77. The molecule has 0 saturated carbocycles. The molecular weight excluding hydrogens is 203 g/mol. The van der Waals surface area contributed by atoms with Gasteiger partial charge in [0, 0.05) is 12.5 Å². The maximum atomic E-state index is 13.5. The van der Waals surface area contributed by atoms with E-state index in [-0.39, 0.29) is 5.82 Å². The van der Waals surface area contributed by atoms with E-state index in [2.05, 4.69) is 18.8 Å². The largest absolute Gasteiger partial charge is 0.493 e. The van der Waals surface area contributed by atoms with Crippen molar-refractivity contribution < 1.29 is 9.13 Å². The van der Waals surface area contributed by atoms with Crippen LogP contribution in [0.25, 0.3) is 0 Å². The Kier molecular flexibility index (Phi) is 5.42. The molecule has 0 radical (unpaired) electrons. The molecule has 0 N–H and O–H groups in total. The number of hydrogen-bond donors (Lipinski definition) is 0. The van der Waals surface area contributed by atoms with Crippen molar-refractivity contribution in [1.82, 2.24) is 0 Å². The highest BCUT2D eigenvalue weighted by Gasteiger charge is 2.01. The molecule has 0 fully saturated rings. The first-order valence-electron chi connectivity index (χ1n) is 5.69. The zero-order chi connectivity index (χ0) is 11.8. The quantitative estimate of drug-likeness (QED) is 0.554. The van der Waals surface area contributed by atoms with Gasteiger partial charge in [0.15, 0.2) is 0 Å². The normalized spacial score (nSPS) is 9.44. The minimum atomic E-state index is -0.310. The van der Waals surface area contributed by atoms with Gasteiger partial charge >= 0.3 is 0 Å². The summed E-state index contributed by atoms with van der Waals surface area (Å²) in [5, 5.41) is 0.